The number of carbonyl (C=O) groups excluding carboxylic acids is 2. The Hall–Kier alpha value is -2.04. The SMILES string of the molecule is CCCNC(=O)c1ccc(NCC(=O)NC(C)(C)C)cc1. The molecule has 1 rings (SSSR count). The molecule has 2 amide bonds. The van der Waals surface area contributed by atoms with Gasteiger partial charge in [-0.05, 0) is 51.5 Å². The summed E-state index contributed by atoms with van der Waals surface area (Å²) in [5.41, 5.74) is 1.19. The van der Waals surface area contributed by atoms with E-state index in [-0.39, 0.29) is 23.9 Å². The second-order valence-corrected chi connectivity index (χ2v) is 5.98. The van der Waals surface area contributed by atoms with Gasteiger partial charge in [0.25, 0.3) is 5.91 Å². The maximum atomic E-state index is 11.7. The van der Waals surface area contributed by atoms with Crippen LogP contribution in [0.25, 0.3) is 0 Å². The third-order valence-corrected chi connectivity index (χ3v) is 2.65. The molecule has 116 valence electrons. The summed E-state index contributed by atoms with van der Waals surface area (Å²) >= 11 is 0. The maximum absolute atomic E-state index is 11.7. The molecule has 5 heteroatoms. The number of rotatable bonds is 6. The summed E-state index contributed by atoms with van der Waals surface area (Å²) in [7, 11) is 0. The topological polar surface area (TPSA) is 70.2 Å². The second-order valence-electron chi connectivity index (χ2n) is 5.98. The molecule has 21 heavy (non-hydrogen) atoms. The van der Waals surface area contributed by atoms with Crippen molar-refractivity contribution in [3.05, 3.63) is 29.8 Å². The Bertz CT molecular complexity index is 475. The fourth-order valence-electron chi connectivity index (χ4n) is 1.72. The van der Waals surface area contributed by atoms with Gasteiger partial charge in [0.15, 0.2) is 0 Å². The van der Waals surface area contributed by atoms with Crippen LogP contribution in [0, 0.1) is 0 Å². The van der Waals surface area contributed by atoms with Gasteiger partial charge in [0.05, 0.1) is 6.54 Å². The van der Waals surface area contributed by atoms with E-state index >= 15 is 0 Å². The molecule has 1 aromatic rings. The fourth-order valence-corrected chi connectivity index (χ4v) is 1.72. The van der Waals surface area contributed by atoms with Gasteiger partial charge >= 0.3 is 0 Å². The predicted octanol–water partition coefficient (Wildman–Crippen LogP) is 2.15. The average Bonchev–Trinajstić information content (AvgIpc) is 2.41. The molecule has 0 aromatic heterocycles. The largest absolute Gasteiger partial charge is 0.376 e. The highest BCUT2D eigenvalue weighted by Crippen LogP contribution is 2.09. The van der Waals surface area contributed by atoms with Gasteiger partial charge in [0, 0.05) is 23.3 Å². The van der Waals surface area contributed by atoms with Crippen LogP contribution in [-0.2, 0) is 4.79 Å². The van der Waals surface area contributed by atoms with Crippen LogP contribution in [0.5, 0.6) is 0 Å². The minimum atomic E-state index is -0.236. The van der Waals surface area contributed by atoms with Crippen molar-refractivity contribution in [2.24, 2.45) is 0 Å². The molecule has 0 atom stereocenters. The molecule has 0 heterocycles. The van der Waals surface area contributed by atoms with E-state index in [1.807, 2.05) is 27.7 Å². The highest BCUT2D eigenvalue weighted by atomic mass is 16.2. The van der Waals surface area contributed by atoms with E-state index < -0.39 is 0 Å². The standard InChI is InChI=1S/C16H25N3O2/c1-5-10-17-15(21)12-6-8-13(9-7-12)18-11-14(20)19-16(2,3)4/h6-9,18H,5,10-11H2,1-4H3,(H,17,21)(H,19,20). The lowest BCUT2D eigenvalue weighted by Gasteiger charge is -2.20. The first-order chi connectivity index (χ1) is 9.81. The van der Waals surface area contributed by atoms with E-state index in [1.54, 1.807) is 24.3 Å². The van der Waals surface area contributed by atoms with Gasteiger partial charge in [0.1, 0.15) is 0 Å². The highest BCUT2D eigenvalue weighted by Gasteiger charge is 2.13. The third kappa shape index (κ3) is 6.79. The monoisotopic (exact) mass is 291 g/mol. The van der Waals surface area contributed by atoms with Crippen LogP contribution in [0.2, 0.25) is 0 Å². The summed E-state index contributed by atoms with van der Waals surface area (Å²) in [6.07, 6.45) is 0.911. The Morgan fingerprint density at radius 2 is 1.71 bits per heavy atom. The Morgan fingerprint density at radius 1 is 1.10 bits per heavy atom. The highest BCUT2D eigenvalue weighted by molar-refractivity contribution is 5.94. The molecular formula is C16H25N3O2. The molecule has 0 aliphatic rings. The molecule has 0 aliphatic heterocycles. The number of hydrogen-bond acceptors (Lipinski definition) is 3. The zero-order valence-corrected chi connectivity index (χ0v) is 13.2. The van der Waals surface area contributed by atoms with Crippen molar-refractivity contribution in [3.8, 4) is 0 Å². The predicted molar refractivity (Wildman–Crippen MR) is 85.5 cm³/mol. The van der Waals surface area contributed by atoms with E-state index in [4.69, 9.17) is 0 Å². The van der Waals surface area contributed by atoms with Crippen LogP contribution in [-0.4, -0.2) is 30.4 Å². The lowest BCUT2D eigenvalue weighted by atomic mass is 10.1. The fraction of sp³-hybridized carbons (Fsp3) is 0.500. The van der Waals surface area contributed by atoms with Crippen molar-refractivity contribution in [1.82, 2.24) is 10.6 Å². The van der Waals surface area contributed by atoms with Gasteiger partial charge in [-0.1, -0.05) is 6.92 Å². The molecule has 0 aliphatic carbocycles. The summed E-state index contributed by atoms with van der Waals surface area (Å²) < 4.78 is 0. The minimum Gasteiger partial charge on any atom is -0.376 e. The van der Waals surface area contributed by atoms with Crippen LogP contribution in [0.3, 0.4) is 0 Å². The van der Waals surface area contributed by atoms with Gasteiger partial charge in [-0.2, -0.15) is 0 Å². The molecule has 0 saturated carbocycles. The smallest absolute Gasteiger partial charge is 0.251 e. The number of anilines is 1. The maximum Gasteiger partial charge on any atom is 0.251 e. The van der Waals surface area contributed by atoms with Crippen LogP contribution < -0.4 is 16.0 Å². The Balaban J connectivity index is 2.48. The number of carbonyl (C=O) groups is 2. The zero-order chi connectivity index (χ0) is 15.9. The molecule has 1 aromatic carbocycles. The third-order valence-electron chi connectivity index (χ3n) is 2.65. The van der Waals surface area contributed by atoms with Crippen LogP contribution in [0.4, 0.5) is 5.69 Å². The number of amides is 2. The summed E-state index contributed by atoms with van der Waals surface area (Å²) in [5, 5.41) is 8.73. The number of hydrogen-bond donors (Lipinski definition) is 3. The van der Waals surface area contributed by atoms with Crippen molar-refractivity contribution in [2.45, 2.75) is 39.7 Å². The molecule has 0 radical (unpaired) electrons. The first kappa shape index (κ1) is 17.0. The van der Waals surface area contributed by atoms with Crippen LogP contribution in [0.15, 0.2) is 24.3 Å². The van der Waals surface area contributed by atoms with Crippen molar-refractivity contribution < 1.29 is 9.59 Å². The van der Waals surface area contributed by atoms with E-state index in [0.717, 1.165) is 12.1 Å². The van der Waals surface area contributed by atoms with Crippen molar-refractivity contribution in [1.29, 1.82) is 0 Å². The quantitative estimate of drug-likeness (QED) is 0.752. The molecule has 5 nitrogen and oxygen atoms in total. The summed E-state index contributed by atoms with van der Waals surface area (Å²) in [6, 6.07) is 7.08. The van der Waals surface area contributed by atoms with E-state index in [2.05, 4.69) is 16.0 Å². The summed E-state index contributed by atoms with van der Waals surface area (Å²) in [4.78, 5) is 23.4. The van der Waals surface area contributed by atoms with E-state index in [9.17, 15) is 9.59 Å². The molecule has 0 bridgehead atoms. The van der Waals surface area contributed by atoms with Crippen molar-refractivity contribution in [2.75, 3.05) is 18.4 Å². The van der Waals surface area contributed by atoms with Gasteiger partial charge in [-0.3, -0.25) is 9.59 Å². The second kappa shape index (κ2) is 7.67. The normalized spacial score (nSPS) is 10.9. The number of benzene rings is 1. The number of nitrogens with one attached hydrogen (secondary N) is 3. The first-order valence-corrected chi connectivity index (χ1v) is 7.25. The van der Waals surface area contributed by atoms with Crippen LogP contribution >= 0.6 is 0 Å². The molecule has 0 spiro atoms. The van der Waals surface area contributed by atoms with Gasteiger partial charge in [-0.25, -0.2) is 0 Å². The van der Waals surface area contributed by atoms with Crippen molar-refractivity contribution >= 4 is 17.5 Å². The molecule has 0 unspecified atom stereocenters. The van der Waals surface area contributed by atoms with Gasteiger partial charge < -0.3 is 16.0 Å². The zero-order valence-electron chi connectivity index (χ0n) is 13.2. The lowest BCUT2D eigenvalue weighted by molar-refractivity contribution is -0.120. The van der Waals surface area contributed by atoms with Gasteiger partial charge in [-0.15, -0.1) is 0 Å². The van der Waals surface area contributed by atoms with Gasteiger partial charge in [0.2, 0.25) is 5.91 Å². The van der Waals surface area contributed by atoms with Crippen molar-refractivity contribution in [3.63, 3.8) is 0 Å². The Labute approximate surface area is 126 Å². The van der Waals surface area contributed by atoms with Crippen LogP contribution in [0.1, 0.15) is 44.5 Å². The Kier molecular flexibility index (Phi) is 6.21. The minimum absolute atomic E-state index is 0.0627. The molecule has 3 N–H and O–H groups in total. The van der Waals surface area contributed by atoms with E-state index in [1.165, 1.54) is 0 Å². The average molecular weight is 291 g/mol. The molecule has 0 saturated heterocycles. The summed E-state index contributed by atoms with van der Waals surface area (Å²) in [6.45, 7) is 8.71. The lowest BCUT2D eigenvalue weighted by Crippen LogP contribution is -2.43. The van der Waals surface area contributed by atoms with E-state index in [0.29, 0.717) is 12.1 Å². The summed E-state index contributed by atoms with van der Waals surface area (Å²) in [5.74, 6) is -0.138. The molecular weight excluding hydrogens is 266 g/mol. The molecule has 0 fully saturated rings. The first-order valence-electron chi connectivity index (χ1n) is 7.25. The Morgan fingerprint density at radius 3 is 2.24 bits per heavy atom.